The zero-order chi connectivity index (χ0) is 33.7. The molecule has 3 heterocycles. The van der Waals surface area contributed by atoms with Crippen LogP contribution in [0.3, 0.4) is 0 Å². The summed E-state index contributed by atoms with van der Waals surface area (Å²) in [6.45, 7) is 17.7. The molecule has 0 atom stereocenters. The van der Waals surface area contributed by atoms with E-state index in [2.05, 4.69) is 145 Å². The van der Waals surface area contributed by atoms with Crippen molar-refractivity contribution < 1.29 is 25.8 Å². The number of aromatic nitrogens is 4. The van der Waals surface area contributed by atoms with Crippen LogP contribution in [-0.4, -0.2) is 19.3 Å². The number of hydrogen-bond donors (Lipinski definition) is 0. The van der Waals surface area contributed by atoms with Crippen LogP contribution >= 0.6 is 0 Å². The summed E-state index contributed by atoms with van der Waals surface area (Å²) in [4.78, 5) is 4.81. The molecule has 49 heavy (non-hydrogen) atoms. The fraction of sp³-hybridized carbons (Fsp3) is 0.256. The van der Waals surface area contributed by atoms with E-state index in [9.17, 15) is 0 Å². The third-order valence-electron chi connectivity index (χ3n) is 9.08. The van der Waals surface area contributed by atoms with Gasteiger partial charge in [0, 0.05) is 35.0 Å². The van der Waals surface area contributed by atoms with Gasteiger partial charge in [-0.2, -0.15) is 16.7 Å². The van der Waals surface area contributed by atoms with Gasteiger partial charge < -0.3 is 9.30 Å². The summed E-state index contributed by atoms with van der Waals surface area (Å²) in [6, 6.07) is 34.6. The number of fused-ring (bicyclic) bond motifs is 3. The molecule has 0 spiro atoms. The first kappa shape index (κ1) is 34.4. The Kier molecular flexibility index (Phi) is 9.44. The first-order valence-corrected chi connectivity index (χ1v) is 16.8. The van der Waals surface area contributed by atoms with E-state index < -0.39 is 0 Å². The van der Waals surface area contributed by atoms with Crippen LogP contribution in [0.4, 0.5) is 0 Å². The summed E-state index contributed by atoms with van der Waals surface area (Å²) in [6.07, 6.45) is 5.97. The number of pyridine rings is 1. The van der Waals surface area contributed by atoms with E-state index >= 15 is 0 Å². The average Bonchev–Trinajstić information content (AvgIpc) is 3.67. The second-order valence-corrected chi connectivity index (χ2v) is 14.4. The number of nitrogens with zero attached hydrogens (tertiary/aromatic N) is 4. The number of aryl methyl sites for hydroxylation is 1. The standard InChI is InChI=1S/C43H42N4O.Pt/c1-27(2)35-13-11-14-36(28(3)4)42(35)30-25-45-46(26-30)32-20-29(5)21-34(23-32)48-33-16-17-38-37-12-9-10-15-39(37)47(40(38)24-33)41-22-31(18-19-44-41)43(6,7)8;/h9-22,25-28H,1-8H3;/q-2;+2. The average molecular weight is 826 g/mol. The Morgan fingerprint density at radius 2 is 1.51 bits per heavy atom. The minimum atomic E-state index is -0.00296. The summed E-state index contributed by atoms with van der Waals surface area (Å²) in [5, 5.41) is 7.05. The van der Waals surface area contributed by atoms with Gasteiger partial charge in [0.2, 0.25) is 0 Å². The third kappa shape index (κ3) is 6.62. The van der Waals surface area contributed by atoms with Crippen LogP contribution in [0.5, 0.6) is 11.5 Å². The smallest absolute Gasteiger partial charge is 0.509 e. The molecule has 7 aromatic rings. The monoisotopic (exact) mass is 825 g/mol. The molecule has 0 bridgehead atoms. The number of hydrogen-bond acceptors (Lipinski definition) is 3. The Labute approximate surface area is 304 Å². The first-order valence-electron chi connectivity index (χ1n) is 16.8. The molecular weight excluding hydrogens is 784 g/mol. The molecule has 0 saturated carbocycles. The maximum absolute atomic E-state index is 6.50. The van der Waals surface area contributed by atoms with E-state index in [0.29, 0.717) is 23.3 Å². The Balaban J connectivity index is 0.00000417. The Bertz CT molecular complexity index is 2260. The number of benzene rings is 4. The van der Waals surface area contributed by atoms with Crippen molar-refractivity contribution in [1.29, 1.82) is 0 Å². The molecule has 0 aliphatic rings. The Morgan fingerprint density at radius 3 is 2.22 bits per heavy atom. The fourth-order valence-corrected chi connectivity index (χ4v) is 6.61. The van der Waals surface area contributed by atoms with Crippen molar-refractivity contribution in [2.45, 2.75) is 72.6 Å². The van der Waals surface area contributed by atoms with Crippen molar-refractivity contribution in [3.05, 3.63) is 132 Å². The van der Waals surface area contributed by atoms with Crippen molar-refractivity contribution in [1.82, 2.24) is 19.3 Å². The zero-order valence-electron chi connectivity index (χ0n) is 29.4. The van der Waals surface area contributed by atoms with Gasteiger partial charge in [-0.25, -0.2) is 4.98 Å². The summed E-state index contributed by atoms with van der Waals surface area (Å²) < 4.78 is 10.6. The van der Waals surface area contributed by atoms with Crippen molar-refractivity contribution in [2.24, 2.45) is 0 Å². The van der Waals surface area contributed by atoms with Gasteiger partial charge in [-0.15, -0.1) is 35.7 Å². The predicted octanol–water partition coefficient (Wildman–Crippen LogP) is 11.3. The van der Waals surface area contributed by atoms with Crippen LogP contribution in [0, 0.1) is 19.1 Å². The third-order valence-corrected chi connectivity index (χ3v) is 9.08. The van der Waals surface area contributed by atoms with Gasteiger partial charge in [0.05, 0.1) is 6.20 Å². The molecule has 250 valence electrons. The second-order valence-electron chi connectivity index (χ2n) is 14.4. The van der Waals surface area contributed by atoms with Gasteiger partial charge in [0.1, 0.15) is 5.82 Å². The first-order chi connectivity index (χ1) is 23.0. The molecule has 5 nitrogen and oxygen atoms in total. The van der Waals surface area contributed by atoms with Gasteiger partial charge in [-0.3, -0.25) is 4.68 Å². The van der Waals surface area contributed by atoms with Crippen LogP contribution in [0.15, 0.2) is 97.5 Å². The van der Waals surface area contributed by atoms with Crippen LogP contribution in [0.1, 0.15) is 82.6 Å². The second kappa shape index (κ2) is 13.4. The normalized spacial score (nSPS) is 11.9. The van der Waals surface area contributed by atoms with E-state index in [-0.39, 0.29) is 26.5 Å². The molecule has 0 unspecified atom stereocenters. The van der Waals surface area contributed by atoms with E-state index in [4.69, 9.17) is 14.8 Å². The quantitative estimate of drug-likeness (QED) is 0.150. The molecule has 0 amide bonds. The minimum Gasteiger partial charge on any atom is -0.509 e. The molecule has 0 N–H and O–H groups in total. The molecule has 0 aliphatic heterocycles. The number of para-hydroxylation sites is 1. The van der Waals surface area contributed by atoms with E-state index in [1.165, 1.54) is 22.3 Å². The van der Waals surface area contributed by atoms with Crippen molar-refractivity contribution >= 4 is 21.8 Å². The van der Waals surface area contributed by atoms with Gasteiger partial charge in [0.25, 0.3) is 0 Å². The largest absolute Gasteiger partial charge is 2.00 e. The van der Waals surface area contributed by atoms with Gasteiger partial charge >= 0.3 is 21.1 Å². The number of rotatable bonds is 7. The molecule has 0 saturated heterocycles. The molecule has 6 heteroatoms. The van der Waals surface area contributed by atoms with Gasteiger partial charge in [-0.05, 0) is 68.8 Å². The molecule has 4 aromatic carbocycles. The summed E-state index contributed by atoms with van der Waals surface area (Å²) in [7, 11) is 0. The van der Waals surface area contributed by atoms with Crippen LogP contribution in [0.2, 0.25) is 0 Å². The molecule has 7 rings (SSSR count). The van der Waals surface area contributed by atoms with Crippen molar-refractivity contribution in [3.63, 3.8) is 0 Å². The maximum atomic E-state index is 6.50. The molecule has 0 aliphatic carbocycles. The number of ether oxygens (including phenoxy) is 1. The molecular formula is C43H42N4OPt. The van der Waals surface area contributed by atoms with E-state index in [1.807, 2.05) is 29.2 Å². The fourth-order valence-electron chi connectivity index (χ4n) is 6.61. The summed E-state index contributed by atoms with van der Waals surface area (Å²) in [5.74, 6) is 2.88. The van der Waals surface area contributed by atoms with Crippen LogP contribution < -0.4 is 4.74 Å². The minimum absolute atomic E-state index is 0. The Morgan fingerprint density at radius 1 is 0.776 bits per heavy atom. The zero-order valence-corrected chi connectivity index (χ0v) is 31.7. The summed E-state index contributed by atoms with van der Waals surface area (Å²) in [5.41, 5.74) is 10.2. The maximum Gasteiger partial charge on any atom is 2.00 e. The topological polar surface area (TPSA) is 44.9 Å². The summed E-state index contributed by atoms with van der Waals surface area (Å²) >= 11 is 0. The molecule has 0 fully saturated rings. The SMILES string of the molecule is Cc1cc(Oc2[c-]c3c(cc2)c2ccccc2n3-c2cc(C(C)(C)C)ccn2)[c-]c(-n2cc(-c3c(C(C)C)cccc3C(C)C)cn2)c1.[Pt+2]. The van der Waals surface area contributed by atoms with Crippen molar-refractivity contribution in [3.8, 4) is 34.1 Å². The van der Waals surface area contributed by atoms with E-state index in [0.717, 1.165) is 44.4 Å². The van der Waals surface area contributed by atoms with Crippen molar-refractivity contribution in [2.75, 3.05) is 0 Å². The van der Waals surface area contributed by atoms with Gasteiger partial charge in [-0.1, -0.05) is 97.3 Å². The van der Waals surface area contributed by atoms with E-state index in [1.54, 1.807) is 0 Å². The predicted molar refractivity (Wildman–Crippen MR) is 197 cm³/mol. The van der Waals surface area contributed by atoms with Gasteiger partial charge in [0.15, 0.2) is 0 Å². The Hall–Kier alpha value is -4.47. The van der Waals surface area contributed by atoms with Crippen LogP contribution in [0.25, 0.3) is 44.4 Å². The molecule has 3 aromatic heterocycles. The molecule has 0 radical (unpaired) electrons. The van der Waals surface area contributed by atoms with Crippen LogP contribution in [-0.2, 0) is 26.5 Å².